The molecule has 0 fully saturated rings. The number of esters is 1. The molecule has 84 heavy (non-hydrogen) atoms. The van der Waals surface area contributed by atoms with Crippen LogP contribution in [0.3, 0.4) is 0 Å². The van der Waals surface area contributed by atoms with Gasteiger partial charge in [-0.3, -0.25) is 9.59 Å². The maximum Gasteiger partial charge on any atom is 0.305 e. The molecule has 1 amide bonds. The molecule has 3 N–H and O–H groups in total. The highest BCUT2D eigenvalue weighted by Gasteiger charge is 2.20. The maximum absolute atomic E-state index is 12.6. The van der Waals surface area contributed by atoms with Gasteiger partial charge in [-0.25, -0.2) is 0 Å². The van der Waals surface area contributed by atoms with Gasteiger partial charge in [0.05, 0.1) is 25.4 Å². The normalized spacial score (nSPS) is 12.7. The number of hydrogen-bond donors (Lipinski definition) is 3. The van der Waals surface area contributed by atoms with Gasteiger partial charge in [-0.05, 0) is 83.5 Å². The topological polar surface area (TPSA) is 95.9 Å². The minimum Gasteiger partial charge on any atom is -0.466 e. The fraction of sp³-hybridized carbons (Fsp3) is 0.897. The number of aliphatic hydroxyl groups is 2. The zero-order valence-electron chi connectivity index (χ0n) is 56.9. The van der Waals surface area contributed by atoms with E-state index >= 15 is 0 Å². The Labute approximate surface area is 525 Å². The van der Waals surface area contributed by atoms with Gasteiger partial charge in [-0.1, -0.05) is 365 Å². The summed E-state index contributed by atoms with van der Waals surface area (Å²) in [5.74, 6) is -0.0229. The number of carbonyl (C=O) groups is 2. The molecule has 2 unspecified atom stereocenters. The number of hydrogen-bond acceptors (Lipinski definition) is 5. The van der Waals surface area contributed by atoms with Crippen LogP contribution in [0.1, 0.15) is 425 Å². The van der Waals surface area contributed by atoms with Crippen LogP contribution in [0.2, 0.25) is 0 Å². The molecule has 2 atom stereocenters. The van der Waals surface area contributed by atoms with Gasteiger partial charge >= 0.3 is 5.97 Å². The Kier molecular flexibility index (Phi) is 71.9. The van der Waals surface area contributed by atoms with Gasteiger partial charge in [0.1, 0.15) is 0 Å². The predicted octanol–water partition coefficient (Wildman–Crippen LogP) is 25.0. The molecule has 0 rings (SSSR count). The number of allylic oxidation sites excluding steroid dienone is 6. The SMILES string of the molecule is CCCCC/C=C\C/C=C\CCCCCCCCCC(=O)OCCCCCCCCCCCCCC/C=C\CCCCCCCCCCCCCC(=O)NC(CO)C(O)CCCCCCCCCCCCCCCCCCCCCCCCC. The van der Waals surface area contributed by atoms with Crippen molar-refractivity contribution >= 4 is 11.9 Å². The summed E-state index contributed by atoms with van der Waals surface area (Å²) in [4.78, 5) is 24.7. The molecule has 0 bridgehead atoms. The quantitative estimate of drug-likeness (QED) is 0.0320. The molecule has 6 nitrogen and oxygen atoms in total. The summed E-state index contributed by atoms with van der Waals surface area (Å²) in [5.41, 5.74) is 0. The number of nitrogens with one attached hydrogen (secondary N) is 1. The van der Waals surface area contributed by atoms with Gasteiger partial charge in [-0.15, -0.1) is 0 Å². The van der Waals surface area contributed by atoms with Gasteiger partial charge < -0.3 is 20.3 Å². The molecule has 6 heteroatoms. The Balaban J connectivity index is 3.38. The molecule has 0 aliphatic heterocycles. The minimum absolute atomic E-state index is 0.00814. The lowest BCUT2D eigenvalue weighted by Gasteiger charge is -2.22. The molecular formula is C78H149NO5. The zero-order chi connectivity index (χ0) is 60.6. The lowest BCUT2D eigenvalue weighted by Crippen LogP contribution is -2.45. The van der Waals surface area contributed by atoms with Crippen LogP contribution in [0.25, 0.3) is 0 Å². The third-order valence-electron chi connectivity index (χ3n) is 17.9. The molecule has 0 saturated carbocycles. The molecule has 0 heterocycles. The first-order chi connectivity index (χ1) is 41.5. The Hall–Kier alpha value is -1.92. The summed E-state index contributed by atoms with van der Waals surface area (Å²) in [6.45, 7) is 4.97. The molecule has 0 radical (unpaired) electrons. The van der Waals surface area contributed by atoms with Crippen LogP contribution in [0.15, 0.2) is 36.5 Å². The van der Waals surface area contributed by atoms with Crippen LogP contribution in [0, 0.1) is 0 Å². The van der Waals surface area contributed by atoms with Crippen molar-refractivity contribution in [3.63, 3.8) is 0 Å². The molecule has 0 spiro atoms. The van der Waals surface area contributed by atoms with E-state index in [4.69, 9.17) is 4.74 Å². The van der Waals surface area contributed by atoms with Gasteiger partial charge in [0, 0.05) is 12.8 Å². The van der Waals surface area contributed by atoms with E-state index in [0.29, 0.717) is 25.9 Å². The Bertz CT molecular complexity index is 1360. The largest absolute Gasteiger partial charge is 0.466 e. The number of aliphatic hydroxyl groups excluding tert-OH is 2. The van der Waals surface area contributed by atoms with Crippen molar-refractivity contribution in [1.29, 1.82) is 0 Å². The molecule has 0 aromatic rings. The highest BCUT2D eigenvalue weighted by molar-refractivity contribution is 5.76. The van der Waals surface area contributed by atoms with Crippen molar-refractivity contribution in [3.05, 3.63) is 36.5 Å². The standard InChI is InChI=1S/C78H149NO5/c1-3-5-7-9-11-13-15-17-19-21-22-23-29-32-35-39-42-46-50-54-58-62-66-70-76(81)75(74-80)79-77(82)71-67-63-59-55-51-47-43-40-36-33-30-27-25-24-26-28-31-34-37-41-45-49-53-57-61-65-69-73-84-78(83)72-68-64-60-56-52-48-44-38-20-18-16-14-12-10-8-6-4-2/h12,14,18,20,24-25,75-76,80-81H,3-11,13,15-17,19,21-23,26-74H2,1-2H3,(H,79,82)/b14-12-,20-18-,25-24-. The highest BCUT2D eigenvalue weighted by Crippen LogP contribution is 2.19. The van der Waals surface area contributed by atoms with E-state index in [1.165, 1.54) is 340 Å². The lowest BCUT2D eigenvalue weighted by molar-refractivity contribution is -0.143. The van der Waals surface area contributed by atoms with Crippen molar-refractivity contribution in [1.82, 2.24) is 5.32 Å². The van der Waals surface area contributed by atoms with E-state index in [1.807, 2.05) is 0 Å². The van der Waals surface area contributed by atoms with E-state index < -0.39 is 12.1 Å². The number of carbonyl (C=O) groups excluding carboxylic acids is 2. The van der Waals surface area contributed by atoms with Crippen LogP contribution in [0.5, 0.6) is 0 Å². The average Bonchev–Trinajstić information content (AvgIpc) is 3.52. The summed E-state index contributed by atoms with van der Waals surface area (Å²) in [6.07, 6.45) is 95.0. The molecule has 496 valence electrons. The number of ether oxygens (including phenoxy) is 1. The zero-order valence-corrected chi connectivity index (χ0v) is 56.9. The van der Waals surface area contributed by atoms with E-state index in [2.05, 4.69) is 55.6 Å². The first-order valence-corrected chi connectivity index (χ1v) is 38.2. The van der Waals surface area contributed by atoms with Gasteiger partial charge in [0.25, 0.3) is 0 Å². The highest BCUT2D eigenvalue weighted by atomic mass is 16.5. The van der Waals surface area contributed by atoms with Crippen LogP contribution in [-0.4, -0.2) is 47.4 Å². The summed E-state index contributed by atoms with van der Waals surface area (Å²) < 4.78 is 5.50. The summed E-state index contributed by atoms with van der Waals surface area (Å²) in [6, 6.07) is -0.544. The van der Waals surface area contributed by atoms with Crippen LogP contribution >= 0.6 is 0 Å². The van der Waals surface area contributed by atoms with Crippen LogP contribution < -0.4 is 5.32 Å². The fourth-order valence-corrected chi connectivity index (χ4v) is 12.1. The van der Waals surface area contributed by atoms with E-state index in [1.54, 1.807) is 0 Å². The third-order valence-corrected chi connectivity index (χ3v) is 17.9. The molecular weight excluding hydrogens is 1030 g/mol. The average molecular weight is 1180 g/mol. The van der Waals surface area contributed by atoms with Crippen LogP contribution in [-0.2, 0) is 14.3 Å². The monoisotopic (exact) mass is 1180 g/mol. The molecule has 0 aliphatic carbocycles. The predicted molar refractivity (Wildman–Crippen MR) is 370 cm³/mol. The molecule has 0 saturated heterocycles. The van der Waals surface area contributed by atoms with Crippen molar-refractivity contribution in [2.24, 2.45) is 0 Å². The maximum atomic E-state index is 12.6. The van der Waals surface area contributed by atoms with Crippen LogP contribution in [0.4, 0.5) is 0 Å². The summed E-state index contributed by atoms with van der Waals surface area (Å²) in [5, 5.41) is 23.5. The van der Waals surface area contributed by atoms with Gasteiger partial charge in [-0.2, -0.15) is 0 Å². The van der Waals surface area contributed by atoms with Gasteiger partial charge in [0.15, 0.2) is 0 Å². The van der Waals surface area contributed by atoms with E-state index in [-0.39, 0.29) is 18.5 Å². The molecule has 0 aliphatic rings. The van der Waals surface area contributed by atoms with Crippen molar-refractivity contribution in [3.8, 4) is 0 Å². The number of amides is 1. The second kappa shape index (κ2) is 73.5. The minimum atomic E-state index is -0.667. The summed E-state index contributed by atoms with van der Waals surface area (Å²) >= 11 is 0. The van der Waals surface area contributed by atoms with E-state index in [9.17, 15) is 19.8 Å². The second-order valence-corrected chi connectivity index (χ2v) is 26.3. The fourth-order valence-electron chi connectivity index (χ4n) is 12.1. The Morgan fingerprint density at radius 2 is 0.595 bits per heavy atom. The smallest absolute Gasteiger partial charge is 0.305 e. The van der Waals surface area contributed by atoms with Crippen molar-refractivity contribution < 1.29 is 24.5 Å². The summed E-state index contributed by atoms with van der Waals surface area (Å²) in [7, 11) is 0. The Morgan fingerprint density at radius 3 is 0.940 bits per heavy atom. The van der Waals surface area contributed by atoms with Gasteiger partial charge in [0.2, 0.25) is 5.91 Å². The Morgan fingerprint density at radius 1 is 0.333 bits per heavy atom. The van der Waals surface area contributed by atoms with Crippen molar-refractivity contribution in [2.45, 2.75) is 437 Å². The van der Waals surface area contributed by atoms with E-state index in [0.717, 1.165) is 51.4 Å². The molecule has 0 aromatic carbocycles. The number of unbranched alkanes of at least 4 members (excludes halogenated alkanes) is 55. The lowest BCUT2D eigenvalue weighted by atomic mass is 10.0. The first kappa shape index (κ1) is 82.1. The number of rotatable bonds is 72. The van der Waals surface area contributed by atoms with Crippen molar-refractivity contribution in [2.75, 3.05) is 13.2 Å². The molecule has 0 aromatic heterocycles. The third kappa shape index (κ3) is 69.2. The second-order valence-electron chi connectivity index (χ2n) is 26.3. The first-order valence-electron chi connectivity index (χ1n) is 38.2.